The normalized spacial score (nSPS) is 16.7. The first-order chi connectivity index (χ1) is 4.63. The molecule has 0 saturated carbocycles. The molecule has 0 aromatic heterocycles. The summed E-state index contributed by atoms with van der Waals surface area (Å²) in [7, 11) is 0. The molecular formula is C8H9NO. The van der Waals surface area contributed by atoms with Crippen molar-refractivity contribution in [2.45, 2.75) is 6.92 Å². The van der Waals surface area contributed by atoms with E-state index < -0.39 is 0 Å². The van der Waals surface area contributed by atoms with Gasteiger partial charge in [-0.05, 0) is 13.0 Å². The molecule has 0 aliphatic carbocycles. The summed E-state index contributed by atoms with van der Waals surface area (Å²) in [5.41, 5.74) is 1.40. The minimum absolute atomic E-state index is 0.0579. The standard InChI is InChI=1S/C8H9NO/c1-6(2)9-7(3)4-5-8(9)10/h4-5H,1,3H2,2H3. The first-order valence-corrected chi connectivity index (χ1v) is 2.99. The van der Waals surface area contributed by atoms with Crippen LogP contribution in [0.5, 0.6) is 0 Å². The van der Waals surface area contributed by atoms with Crippen LogP contribution in [-0.2, 0) is 4.79 Å². The highest BCUT2D eigenvalue weighted by atomic mass is 16.2. The lowest BCUT2D eigenvalue weighted by molar-refractivity contribution is -0.121. The predicted molar refractivity (Wildman–Crippen MR) is 39.9 cm³/mol. The lowest BCUT2D eigenvalue weighted by Crippen LogP contribution is -2.20. The first-order valence-electron chi connectivity index (χ1n) is 2.99. The number of allylic oxidation sites excluding steroid dienone is 2. The maximum Gasteiger partial charge on any atom is 0.255 e. The topological polar surface area (TPSA) is 20.3 Å². The van der Waals surface area contributed by atoms with Crippen molar-refractivity contribution in [1.82, 2.24) is 4.90 Å². The molecule has 52 valence electrons. The van der Waals surface area contributed by atoms with Crippen LogP contribution in [0.15, 0.2) is 36.7 Å². The molecule has 1 heterocycles. The Morgan fingerprint density at radius 2 is 2.20 bits per heavy atom. The molecule has 2 nitrogen and oxygen atoms in total. The Hall–Kier alpha value is -1.31. The van der Waals surface area contributed by atoms with Gasteiger partial charge in [0.1, 0.15) is 0 Å². The maximum absolute atomic E-state index is 10.9. The van der Waals surface area contributed by atoms with Crippen molar-refractivity contribution in [3.05, 3.63) is 36.7 Å². The van der Waals surface area contributed by atoms with E-state index in [1.165, 1.54) is 11.0 Å². The van der Waals surface area contributed by atoms with E-state index in [1.54, 1.807) is 13.0 Å². The second kappa shape index (κ2) is 2.14. The second-order valence-electron chi connectivity index (χ2n) is 2.23. The molecule has 1 amide bonds. The largest absolute Gasteiger partial charge is 0.283 e. The SMILES string of the molecule is C=C(C)N1C(=C)C=CC1=O. The molecule has 0 radical (unpaired) electrons. The predicted octanol–water partition coefficient (Wildman–Crippen LogP) is 1.43. The van der Waals surface area contributed by atoms with Gasteiger partial charge < -0.3 is 0 Å². The monoisotopic (exact) mass is 135 g/mol. The van der Waals surface area contributed by atoms with Gasteiger partial charge in [-0.2, -0.15) is 0 Å². The van der Waals surface area contributed by atoms with Crippen molar-refractivity contribution in [2.75, 3.05) is 0 Å². The highest BCUT2D eigenvalue weighted by Gasteiger charge is 2.18. The third kappa shape index (κ3) is 0.880. The van der Waals surface area contributed by atoms with Crippen molar-refractivity contribution in [1.29, 1.82) is 0 Å². The Balaban J connectivity index is 2.90. The van der Waals surface area contributed by atoms with Gasteiger partial charge in [-0.25, -0.2) is 0 Å². The number of carbonyl (C=O) groups is 1. The third-order valence-electron chi connectivity index (χ3n) is 1.31. The highest BCUT2D eigenvalue weighted by molar-refractivity contribution is 5.94. The zero-order valence-corrected chi connectivity index (χ0v) is 5.92. The van der Waals surface area contributed by atoms with Crippen LogP contribution < -0.4 is 0 Å². The molecule has 0 aromatic rings. The molecule has 1 aliphatic heterocycles. The Kier molecular flexibility index (Phi) is 1.45. The number of nitrogens with zero attached hydrogens (tertiary/aromatic N) is 1. The summed E-state index contributed by atoms with van der Waals surface area (Å²) in [6.45, 7) is 9.08. The quantitative estimate of drug-likeness (QED) is 0.532. The number of hydrogen-bond acceptors (Lipinski definition) is 1. The Labute approximate surface area is 60.1 Å². The van der Waals surface area contributed by atoms with Crippen molar-refractivity contribution < 1.29 is 4.79 Å². The Bertz CT molecular complexity index is 220. The van der Waals surface area contributed by atoms with Gasteiger partial charge in [-0.1, -0.05) is 13.2 Å². The summed E-state index contributed by atoms with van der Waals surface area (Å²) in [5.74, 6) is -0.0579. The van der Waals surface area contributed by atoms with Gasteiger partial charge in [-0.15, -0.1) is 0 Å². The van der Waals surface area contributed by atoms with Crippen molar-refractivity contribution in [2.24, 2.45) is 0 Å². The molecule has 0 bridgehead atoms. The van der Waals surface area contributed by atoms with Gasteiger partial charge in [0.15, 0.2) is 0 Å². The molecule has 2 heteroatoms. The van der Waals surface area contributed by atoms with E-state index in [1.807, 2.05) is 0 Å². The summed E-state index contributed by atoms with van der Waals surface area (Å²) in [5, 5.41) is 0. The van der Waals surface area contributed by atoms with Crippen LogP contribution in [0, 0.1) is 0 Å². The van der Waals surface area contributed by atoms with Gasteiger partial charge in [-0.3, -0.25) is 9.69 Å². The summed E-state index contributed by atoms with van der Waals surface area (Å²) in [4.78, 5) is 12.4. The molecule has 0 aromatic carbocycles. The third-order valence-corrected chi connectivity index (χ3v) is 1.31. The molecule has 0 N–H and O–H groups in total. The number of amides is 1. The van der Waals surface area contributed by atoms with Crippen molar-refractivity contribution in [3.63, 3.8) is 0 Å². The van der Waals surface area contributed by atoms with Crippen LogP contribution in [0.4, 0.5) is 0 Å². The zero-order chi connectivity index (χ0) is 7.72. The van der Waals surface area contributed by atoms with Crippen LogP contribution in [-0.4, -0.2) is 10.8 Å². The molecular weight excluding hydrogens is 126 g/mol. The Morgan fingerprint density at radius 1 is 1.60 bits per heavy atom. The molecule has 10 heavy (non-hydrogen) atoms. The smallest absolute Gasteiger partial charge is 0.255 e. The summed E-state index contributed by atoms with van der Waals surface area (Å²) >= 11 is 0. The highest BCUT2D eigenvalue weighted by Crippen LogP contribution is 2.17. The molecule has 1 rings (SSSR count). The summed E-state index contributed by atoms with van der Waals surface area (Å²) in [6, 6.07) is 0. The van der Waals surface area contributed by atoms with E-state index in [9.17, 15) is 4.79 Å². The van der Waals surface area contributed by atoms with Crippen LogP contribution in [0.1, 0.15) is 6.92 Å². The minimum Gasteiger partial charge on any atom is -0.283 e. The molecule has 1 aliphatic rings. The van der Waals surface area contributed by atoms with Gasteiger partial charge in [0.25, 0.3) is 5.91 Å². The average molecular weight is 135 g/mol. The fraction of sp³-hybridized carbons (Fsp3) is 0.125. The molecule has 0 saturated heterocycles. The van der Waals surface area contributed by atoms with E-state index >= 15 is 0 Å². The average Bonchev–Trinajstić information content (AvgIpc) is 2.11. The molecule has 0 unspecified atom stereocenters. The van der Waals surface area contributed by atoms with Crippen molar-refractivity contribution >= 4 is 5.91 Å². The number of carbonyl (C=O) groups excluding carboxylic acids is 1. The van der Waals surface area contributed by atoms with Gasteiger partial charge in [0.05, 0.1) is 0 Å². The molecule has 0 atom stereocenters. The van der Waals surface area contributed by atoms with Crippen LogP contribution in [0.25, 0.3) is 0 Å². The summed E-state index contributed by atoms with van der Waals surface area (Å²) in [6.07, 6.45) is 3.16. The summed E-state index contributed by atoms with van der Waals surface area (Å²) < 4.78 is 0. The van der Waals surface area contributed by atoms with Gasteiger partial charge in [0, 0.05) is 17.5 Å². The van der Waals surface area contributed by atoms with E-state index in [0.29, 0.717) is 11.4 Å². The van der Waals surface area contributed by atoms with E-state index in [4.69, 9.17) is 0 Å². The fourth-order valence-corrected chi connectivity index (χ4v) is 0.891. The van der Waals surface area contributed by atoms with E-state index in [-0.39, 0.29) is 5.91 Å². The molecule has 0 spiro atoms. The lowest BCUT2D eigenvalue weighted by atomic mass is 10.4. The minimum atomic E-state index is -0.0579. The number of hydrogen-bond donors (Lipinski definition) is 0. The second-order valence-corrected chi connectivity index (χ2v) is 2.23. The zero-order valence-electron chi connectivity index (χ0n) is 5.92. The Morgan fingerprint density at radius 3 is 2.40 bits per heavy atom. The first kappa shape index (κ1) is 6.81. The maximum atomic E-state index is 10.9. The number of rotatable bonds is 1. The van der Waals surface area contributed by atoms with Crippen molar-refractivity contribution in [3.8, 4) is 0 Å². The van der Waals surface area contributed by atoms with E-state index in [0.717, 1.165) is 0 Å². The lowest BCUT2D eigenvalue weighted by Gasteiger charge is -2.15. The fourth-order valence-electron chi connectivity index (χ4n) is 0.891. The van der Waals surface area contributed by atoms with Crippen LogP contribution in [0.3, 0.4) is 0 Å². The van der Waals surface area contributed by atoms with Crippen LogP contribution >= 0.6 is 0 Å². The van der Waals surface area contributed by atoms with Gasteiger partial charge >= 0.3 is 0 Å². The van der Waals surface area contributed by atoms with Crippen LogP contribution in [0.2, 0.25) is 0 Å². The molecule has 0 fully saturated rings. The van der Waals surface area contributed by atoms with Gasteiger partial charge in [0.2, 0.25) is 0 Å². The van der Waals surface area contributed by atoms with E-state index in [2.05, 4.69) is 13.2 Å².